The van der Waals surface area contributed by atoms with Crippen LogP contribution in [0.3, 0.4) is 0 Å². The van der Waals surface area contributed by atoms with Gasteiger partial charge in [-0.1, -0.05) is 43.5 Å². The number of amides is 1. The third-order valence-corrected chi connectivity index (χ3v) is 7.92. The lowest BCUT2D eigenvalue weighted by molar-refractivity contribution is -0.116. The van der Waals surface area contributed by atoms with E-state index < -0.39 is 39.0 Å². The summed E-state index contributed by atoms with van der Waals surface area (Å²) in [5.41, 5.74) is 1.01. The highest BCUT2D eigenvalue weighted by Gasteiger charge is 2.26. The molecule has 38 heavy (non-hydrogen) atoms. The summed E-state index contributed by atoms with van der Waals surface area (Å²) in [4.78, 5) is 19.1. The van der Waals surface area contributed by atoms with Gasteiger partial charge < -0.3 is 4.90 Å². The van der Waals surface area contributed by atoms with Crippen molar-refractivity contribution in [2.75, 3.05) is 15.4 Å². The van der Waals surface area contributed by atoms with Crippen molar-refractivity contribution >= 4 is 27.3 Å². The minimum Gasteiger partial charge on any atom is -0.305 e. The van der Waals surface area contributed by atoms with Gasteiger partial charge in [-0.15, -0.1) is 0 Å². The summed E-state index contributed by atoms with van der Waals surface area (Å²) in [6.07, 6.45) is 7.71. The van der Waals surface area contributed by atoms with Gasteiger partial charge in [0, 0.05) is 17.4 Å². The molecule has 1 heterocycles. The number of hydrogen-bond donors (Lipinski definition) is 1. The van der Waals surface area contributed by atoms with Gasteiger partial charge in [0.05, 0.1) is 29.6 Å². The molecule has 7 nitrogen and oxygen atoms in total. The summed E-state index contributed by atoms with van der Waals surface area (Å²) in [6, 6.07) is 15.0. The van der Waals surface area contributed by atoms with Crippen LogP contribution < -0.4 is 9.62 Å². The molecule has 0 aliphatic heterocycles. The Morgan fingerprint density at radius 3 is 2.45 bits per heavy atom. The molecule has 0 radical (unpaired) electrons. The number of halogens is 2. The number of aromatic nitrogens is 1. The van der Waals surface area contributed by atoms with Crippen LogP contribution in [0.15, 0.2) is 54.7 Å². The molecule has 1 saturated carbocycles. The van der Waals surface area contributed by atoms with Crippen LogP contribution in [0.2, 0.25) is 0 Å². The Morgan fingerprint density at radius 1 is 1.11 bits per heavy atom. The number of pyridine rings is 1. The predicted octanol–water partition coefficient (Wildman–Crippen LogP) is 5.56. The van der Waals surface area contributed by atoms with Crippen LogP contribution in [0.25, 0.3) is 0 Å². The van der Waals surface area contributed by atoms with Crippen LogP contribution in [-0.2, 0) is 21.4 Å². The van der Waals surface area contributed by atoms with Crippen molar-refractivity contribution in [1.82, 2.24) is 4.98 Å². The van der Waals surface area contributed by atoms with Gasteiger partial charge in [-0.05, 0) is 55.5 Å². The molecular formula is C28H28F2N4O3S. The summed E-state index contributed by atoms with van der Waals surface area (Å²) < 4.78 is 56.1. The summed E-state index contributed by atoms with van der Waals surface area (Å²) in [5.74, 6) is -4.11. The number of para-hydroxylation sites is 1. The van der Waals surface area contributed by atoms with Crippen molar-refractivity contribution in [3.05, 3.63) is 88.7 Å². The third kappa shape index (κ3) is 6.34. The molecule has 0 unspecified atom stereocenters. The normalized spacial score (nSPS) is 14.1. The van der Waals surface area contributed by atoms with E-state index in [0.717, 1.165) is 24.5 Å². The standard InChI is InChI=1S/C28H28F2N4O3S/c1-19-22(15-31)14-25(28(30)27(19)29)33-38(36,37)18-26(35)34(24-10-6-3-7-11-24)17-23-13-12-21(16-32-23)20-8-4-2-5-9-20/h3,6-7,10-14,16,20,33H,2,4-5,8-9,17-18H2,1H3. The van der Waals surface area contributed by atoms with E-state index in [1.165, 1.54) is 31.1 Å². The van der Waals surface area contributed by atoms with E-state index in [2.05, 4.69) is 4.98 Å². The Bertz CT molecular complexity index is 1450. The van der Waals surface area contributed by atoms with E-state index in [4.69, 9.17) is 5.26 Å². The zero-order chi connectivity index (χ0) is 27.3. The maximum Gasteiger partial charge on any atom is 0.244 e. The monoisotopic (exact) mass is 538 g/mol. The summed E-state index contributed by atoms with van der Waals surface area (Å²) in [7, 11) is -4.46. The summed E-state index contributed by atoms with van der Waals surface area (Å²) >= 11 is 0. The highest BCUT2D eigenvalue weighted by Crippen LogP contribution is 2.32. The van der Waals surface area contributed by atoms with E-state index in [1.807, 2.05) is 23.1 Å². The first-order chi connectivity index (χ1) is 18.2. The van der Waals surface area contributed by atoms with E-state index >= 15 is 0 Å². The molecule has 2 aromatic carbocycles. The average molecular weight is 539 g/mol. The third-order valence-electron chi connectivity index (χ3n) is 6.76. The fraction of sp³-hybridized carbons (Fsp3) is 0.321. The minimum atomic E-state index is -4.46. The molecule has 1 fully saturated rings. The average Bonchev–Trinajstić information content (AvgIpc) is 2.93. The number of benzene rings is 2. The Balaban J connectivity index is 1.54. The van der Waals surface area contributed by atoms with Crippen LogP contribution in [0, 0.1) is 29.9 Å². The van der Waals surface area contributed by atoms with Crippen molar-refractivity contribution in [1.29, 1.82) is 5.26 Å². The lowest BCUT2D eigenvalue weighted by Gasteiger charge is -2.24. The molecule has 0 bridgehead atoms. The zero-order valence-corrected chi connectivity index (χ0v) is 21.8. The minimum absolute atomic E-state index is 0.0232. The van der Waals surface area contributed by atoms with Gasteiger partial charge in [0.15, 0.2) is 11.6 Å². The Labute approximate surface area is 221 Å². The second-order valence-corrected chi connectivity index (χ2v) is 11.2. The Hall–Kier alpha value is -3.84. The molecule has 1 aliphatic carbocycles. The predicted molar refractivity (Wildman–Crippen MR) is 141 cm³/mol. The highest BCUT2D eigenvalue weighted by atomic mass is 32.2. The Kier molecular flexibility index (Phi) is 8.37. The number of carbonyl (C=O) groups excluding carboxylic acids is 1. The fourth-order valence-corrected chi connectivity index (χ4v) is 5.69. The van der Waals surface area contributed by atoms with E-state index in [-0.39, 0.29) is 17.7 Å². The molecule has 10 heteroatoms. The molecule has 1 aromatic heterocycles. The van der Waals surface area contributed by atoms with Crippen LogP contribution in [0.1, 0.15) is 60.4 Å². The topological polar surface area (TPSA) is 103 Å². The number of sulfonamides is 1. The summed E-state index contributed by atoms with van der Waals surface area (Å²) in [5, 5.41) is 9.15. The van der Waals surface area contributed by atoms with Crippen molar-refractivity contribution in [3.8, 4) is 6.07 Å². The second kappa shape index (κ2) is 11.7. The molecule has 0 atom stereocenters. The maximum atomic E-state index is 14.4. The number of hydrogen-bond acceptors (Lipinski definition) is 5. The number of carbonyl (C=O) groups is 1. The number of nitrogens with one attached hydrogen (secondary N) is 1. The quantitative estimate of drug-likeness (QED) is 0.404. The molecule has 1 aliphatic rings. The van der Waals surface area contributed by atoms with E-state index in [0.29, 0.717) is 17.3 Å². The van der Waals surface area contributed by atoms with Crippen molar-refractivity contribution in [2.24, 2.45) is 0 Å². The van der Waals surface area contributed by atoms with E-state index in [9.17, 15) is 22.0 Å². The van der Waals surface area contributed by atoms with Gasteiger partial charge in [-0.25, -0.2) is 17.2 Å². The van der Waals surface area contributed by atoms with Gasteiger partial charge >= 0.3 is 0 Å². The van der Waals surface area contributed by atoms with Gasteiger partial charge in [0.1, 0.15) is 5.75 Å². The first-order valence-corrected chi connectivity index (χ1v) is 14.0. The number of nitriles is 1. The second-order valence-electron chi connectivity index (χ2n) is 9.43. The number of anilines is 2. The molecule has 4 rings (SSSR count). The van der Waals surface area contributed by atoms with Crippen LogP contribution in [0.5, 0.6) is 0 Å². The molecular weight excluding hydrogens is 510 g/mol. The molecule has 198 valence electrons. The van der Waals surface area contributed by atoms with Crippen molar-refractivity contribution < 1.29 is 22.0 Å². The molecule has 0 saturated heterocycles. The first-order valence-electron chi connectivity index (χ1n) is 12.4. The molecule has 1 amide bonds. The van der Waals surface area contributed by atoms with Gasteiger partial charge in [-0.2, -0.15) is 5.26 Å². The molecule has 1 N–H and O–H groups in total. The first kappa shape index (κ1) is 27.2. The van der Waals surface area contributed by atoms with Gasteiger partial charge in [0.2, 0.25) is 15.9 Å². The molecule has 0 spiro atoms. The highest BCUT2D eigenvalue weighted by molar-refractivity contribution is 7.93. The van der Waals surface area contributed by atoms with Crippen LogP contribution in [-0.4, -0.2) is 25.1 Å². The van der Waals surface area contributed by atoms with Gasteiger partial charge in [-0.3, -0.25) is 14.5 Å². The molecule has 3 aromatic rings. The van der Waals surface area contributed by atoms with Crippen molar-refractivity contribution in [2.45, 2.75) is 51.5 Å². The van der Waals surface area contributed by atoms with E-state index in [1.54, 1.807) is 36.4 Å². The number of rotatable bonds is 8. The zero-order valence-electron chi connectivity index (χ0n) is 21.0. The van der Waals surface area contributed by atoms with Gasteiger partial charge in [0.25, 0.3) is 0 Å². The van der Waals surface area contributed by atoms with Crippen LogP contribution >= 0.6 is 0 Å². The smallest absolute Gasteiger partial charge is 0.244 e. The summed E-state index contributed by atoms with van der Waals surface area (Å²) in [6.45, 7) is 1.24. The fourth-order valence-electron chi connectivity index (χ4n) is 4.65. The van der Waals surface area contributed by atoms with Crippen molar-refractivity contribution in [3.63, 3.8) is 0 Å². The number of nitrogens with zero attached hydrogens (tertiary/aromatic N) is 3. The van der Waals surface area contributed by atoms with Crippen LogP contribution in [0.4, 0.5) is 20.2 Å². The lowest BCUT2D eigenvalue weighted by Crippen LogP contribution is -2.37. The Morgan fingerprint density at radius 2 is 1.82 bits per heavy atom. The SMILES string of the molecule is Cc1c(C#N)cc(NS(=O)(=O)CC(=O)N(Cc2ccc(C3CCCCC3)cn2)c2ccccc2)c(F)c1F. The lowest BCUT2D eigenvalue weighted by atomic mass is 9.85. The largest absolute Gasteiger partial charge is 0.305 e. The maximum absolute atomic E-state index is 14.4.